The van der Waals surface area contributed by atoms with Crippen LogP contribution in [0.4, 0.5) is 0 Å². The number of amides is 1. The van der Waals surface area contributed by atoms with E-state index in [-0.39, 0.29) is 17.4 Å². The van der Waals surface area contributed by atoms with Crippen molar-refractivity contribution in [3.63, 3.8) is 0 Å². The third kappa shape index (κ3) is 6.70. The predicted molar refractivity (Wildman–Crippen MR) is 160 cm³/mol. The third-order valence-electron chi connectivity index (χ3n) is 7.99. The first-order valence-electron chi connectivity index (χ1n) is 14.9. The molecule has 8 nitrogen and oxygen atoms in total. The van der Waals surface area contributed by atoms with E-state index >= 15 is 0 Å². The zero-order valence-corrected chi connectivity index (χ0v) is 25.1. The lowest BCUT2D eigenvalue weighted by Crippen LogP contribution is -2.33. The number of ketones is 1. The summed E-state index contributed by atoms with van der Waals surface area (Å²) >= 11 is 0. The molecule has 2 aliphatic rings. The molecule has 41 heavy (non-hydrogen) atoms. The highest BCUT2D eigenvalue weighted by molar-refractivity contribution is 6.46. The number of benzene rings is 2. The number of ether oxygens (including phenoxy) is 3. The number of Topliss-reactive ketones (excluding diaryl/α,β-unsaturated/α-hetero) is 1. The molecule has 0 spiro atoms. The van der Waals surface area contributed by atoms with Gasteiger partial charge in [0.05, 0.1) is 25.3 Å². The molecular weight excluding hydrogens is 520 g/mol. The fourth-order valence-corrected chi connectivity index (χ4v) is 5.69. The molecule has 2 heterocycles. The summed E-state index contributed by atoms with van der Waals surface area (Å²) in [5, 5.41) is 11.6. The lowest BCUT2D eigenvalue weighted by atomic mass is 9.94. The van der Waals surface area contributed by atoms with E-state index < -0.39 is 17.7 Å². The molecule has 0 aromatic heterocycles. The van der Waals surface area contributed by atoms with E-state index in [1.165, 1.54) is 0 Å². The van der Waals surface area contributed by atoms with E-state index in [1.807, 2.05) is 37.3 Å². The van der Waals surface area contributed by atoms with E-state index in [0.717, 1.165) is 56.6 Å². The number of carbonyl (C=O) groups is 2. The molecule has 2 aromatic carbocycles. The standard InChI is InChI=1S/C33H44N2O6/c1-6-9-10-18-40-27-15-12-23(21-28(27)39-5)30-29(31(36)24-13-14-26-25(20-24)19-22(4)41-26)32(37)33(38)35(30)17-11-16-34(7-2)8-3/h12-15,20-22,30,36H,6-11,16-19H2,1-5H3/b31-29+/t22-,30-/m0/s1. The smallest absolute Gasteiger partial charge is 0.295 e. The number of methoxy groups -OCH3 is 1. The van der Waals surface area contributed by atoms with Gasteiger partial charge in [0.2, 0.25) is 0 Å². The second-order valence-corrected chi connectivity index (χ2v) is 10.8. The normalized spacial score (nSPS) is 19.5. The summed E-state index contributed by atoms with van der Waals surface area (Å²) in [5.74, 6) is 0.449. The number of aliphatic hydroxyl groups excluding tert-OH is 1. The summed E-state index contributed by atoms with van der Waals surface area (Å²) in [7, 11) is 1.58. The highest BCUT2D eigenvalue weighted by Crippen LogP contribution is 2.43. The van der Waals surface area contributed by atoms with Crippen molar-refractivity contribution < 1.29 is 28.9 Å². The molecule has 2 aliphatic heterocycles. The van der Waals surface area contributed by atoms with Gasteiger partial charge in [0.25, 0.3) is 11.7 Å². The Bertz CT molecular complexity index is 1270. The Kier molecular flexibility index (Phi) is 10.3. The molecule has 0 bridgehead atoms. The number of rotatable bonds is 14. The zero-order valence-electron chi connectivity index (χ0n) is 25.1. The van der Waals surface area contributed by atoms with Crippen molar-refractivity contribution >= 4 is 17.4 Å². The molecule has 2 atom stereocenters. The minimum absolute atomic E-state index is 0.0500. The number of likely N-dealkylation sites (tertiary alicyclic amines) is 1. The lowest BCUT2D eigenvalue weighted by Gasteiger charge is -2.27. The topological polar surface area (TPSA) is 88.5 Å². The van der Waals surface area contributed by atoms with Gasteiger partial charge in [-0.3, -0.25) is 9.59 Å². The van der Waals surface area contributed by atoms with Crippen LogP contribution in [0, 0.1) is 0 Å². The van der Waals surface area contributed by atoms with Crippen LogP contribution >= 0.6 is 0 Å². The second-order valence-electron chi connectivity index (χ2n) is 10.8. The minimum Gasteiger partial charge on any atom is -0.507 e. The largest absolute Gasteiger partial charge is 0.507 e. The number of hydrogen-bond acceptors (Lipinski definition) is 7. The molecule has 0 unspecified atom stereocenters. The molecule has 2 aromatic rings. The van der Waals surface area contributed by atoms with Gasteiger partial charge in [0, 0.05) is 18.5 Å². The van der Waals surface area contributed by atoms with E-state index in [2.05, 4.69) is 25.7 Å². The number of carbonyl (C=O) groups excluding carboxylic acids is 2. The molecule has 1 saturated heterocycles. The van der Waals surface area contributed by atoms with Crippen molar-refractivity contribution in [2.24, 2.45) is 0 Å². The Morgan fingerprint density at radius 2 is 1.83 bits per heavy atom. The fourth-order valence-electron chi connectivity index (χ4n) is 5.69. The molecule has 0 saturated carbocycles. The average molecular weight is 565 g/mol. The van der Waals surface area contributed by atoms with Gasteiger partial charge >= 0.3 is 0 Å². The van der Waals surface area contributed by atoms with Crippen molar-refractivity contribution in [2.75, 3.05) is 39.9 Å². The minimum atomic E-state index is -0.752. The molecule has 1 N–H and O–H groups in total. The predicted octanol–water partition coefficient (Wildman–Crippen LogP) is 5.74. The van der Waals surface area contributed by atoms with Crippen molar-refractivity contribution in [2.45, 2.75) is 71.9 Å². The van der Waals surface area contributed by atoms with E-state index in [0.29, 0.717) is 42.2 Å². The molecule has 1 fully saturated rings. The Labute approximate surface area is 243 Å². The first-order valence-corrected chi connectivity index (χ1v) is 14.9. The average Bonchev–Trinajstić information content (AvgIpc) is 3.48. The molecule has 0 aliphatic carbocycles. The van der Waals surface area contributed by atoms with Crippen molar-refractivity contribution in [1.82, 2.24) is 9.80 Å². The highest BCUT2D eigenvalue weighted by Gasteiger charge is 2.46. The van der Waals surface area contributed by atoms with Crippen LogP contribution in [0.1, 0.15) is 76.1 Å². The highest BCUT2D eigenvalue weighted by atomic mass is 16.5. The summed E-state index contributed by atoms with van der Waals surface area (Å²) < 4.78 is 17.5. The van der Waals surface area contributed by atoms with E-state index in [4.69, 9.17) is 14.2 Å². The fraction of sp³-hybridized carbons (Fsp3) is 0.515. The Hall–Kier alpha value is -3.52. The number of nitrogens with zero attached hydrogens (tertiary/aromatic N) is 2. The Morgan fingerprint density at radius 1 is 1.05 bits per heavy atom. The monoisotopic (exact) mass is 564 g/mol. The van der Waals surface area contributed by atoms with Gasteiger partial charge in [0.15, 0.2) is 11.5 Å². The van der Waals surface area contributed by atoms with Crippen LogP contribution in [0.15, 0.2) is 42.0 Å². The quantitative estimate of drug-likeness (QED) is 0.135. The number of aliphatic hydroxyl groups is 1. The molecule has 222 valence electrons. The lowest BCUT2D eigenvalue weighted by molar-refractivity contribution is -0.140. The summed E-state index contributed by atoms with van der Waals surface area (Å²) in [4.78, 5) is 30.9. The van der Waals surface area contributed by atoms with Gasteiger partial charge in [-0.15, -0.1) is 0 Å². The van der Waals surface area contributed by atoms with Crippen LogP contribution < -0.4 is 14.2 Å². The maximum absolute atomic E-state index is 13.5. The summed E-state index contributed by atoms with van der Waals surface area (Å²) in [6.45, 7) is 11.9. The Morgan fingerprint density at radius 3 is 2.54 bits per heavy atom. The van der Waals surface area contributed by atoms with Crippen LogP contribution in [0.3, 0.4) is 0 Å². The van der Waals surface area contributed by atoms with Gasteiger partial charge in [-0.2, -0.15) is 0 Å². The maximum atomic E-state index is 13.5. The van der Waals surface area contributed by atoms with Crippen molar-refractivity contribution in [3.8, 4) is 17.2 Å². The van der Waals surface area contributed by atoms with Crippen LogP contribution in [-0.4, -0.2) is 72.6 Å². The van der Waals surface area contributed by atoms with Crippen molar-refractivity contribution in [1.29, 1.82) is 0 Å². The van der Waals surface area contributed by atoms with Crippen LogP contribution in [0.25, 0.3) is 5.76 Å². The zero-order chi connectivity index (χ0) is 29.5. The van der Waals surface area contributed by atoms with Gasteiger partial charge < -0.3 is 29.1 Å². The molecule has 0 radical (unpaired) electrons. The first-order chi connectivity index (χ1) is 19.8. The van der Waals surface area contributed by atoms with E-state index in [9.17, 15) is 14.7 Å². The second kappa shape index (κ2) is 13.9. The van der Waals surface area contributed by atoms with E-state index in [1.54, 1.807) is 18.1 Å². The number of hydrogen-bond donors (Lipinski definition) is 1. The summed E-state index contributed by atoms with van der Waals surface area (Å²) in [6, 6.07) is 10.2. The van der Waals surface area contributed by atoms with Gasteiger partial charge in [0.1, 0.15) is 17.6 Å². The number of unbranched alkanes of at least 4 members (excludes halogenated alkanes) is 2. The first kappa shape index (κ1) is 30.4. The van der Waals surface area contributed by atoms with Crippen LogP contribution in [-0.2, 0) is 16.0 Å². The molecule has 1 amide bonds. The Balaban J connectivity index is 1.73. The summed E-state index contributed by atoms with van der Waals surface area (Å²) in [6.07, 6.45) is 4.59. The molecule has 4 rings (SSSR count). The maximum Gasteiger partial charge on any atom is 0.295 e. The molecular formula is C33H44N2O6. The van der Waals surface area contributed by atoms with Crippen LogP contribution in [0.5, 0.6) is 17.2 Å². The molecule has 8 heteroatoms. The van der Waals surface area contributed by atoms with Crippen LogP contribution in [0.2, 0.25) is 0 Å². The number of fused-ring (bicyclic) bond motifs is 1. The SMILES string of the molecule is CCCCCOc1ccc([C@H]2/C(=C(\O)c3ccc4c(c3)C[C@H](C)O4)C(=O)C(=O)N2CCCN(CC)CC)cc1OC. The summed E-state index contributed by atoms with van der Waals surface area (Å²) in [5.41, 5.74) is 2.24. The third-order valence-corrected chi connectivity index (χ3v) is 7.99. The van der Waals surface area contributed by atoms with Gasteiger partial charge in [-0.25, -0.2) is 0 Å². The van der Waals surface area contributed by atoms with Gasteiger partial charge in [-0.1, -0.05) is 39.7 Å². The van der Waals surface area contributed by atoms with Gasteiger partial charge in [-0.05, 0) is 80.9 Å². The van der Waals surface area contributed by atoms with Crippen molar-refractivity contribution in [3.05, 3.63) is 58.7 Å².